The molecule has 2 saturated heterocycles. The molecule has 0 radical (unpaired) electrons. The van der Waals surface area contributed by atoms with Gasteiger partial charge in [0.1, 0.15) is 0 Å². The average Bonchev–Trinajstić information content (AvgIpc) is 3.54. The minimum absolute atomic E-state index is 0.0749. The number of pyridine rings is 1. The number of ether oxygens (including phenoxy) is 1. The van der Waals surface area contributed by atoms with Crippen LogP contribution in [0.2, 0.25) is 10.0 Å². The van der Waals surface area contributed by atoms with Gasteiger partial charge in [-0.05, 0) is 102 Å². The zero-order chi connectivity index (χ0) is 39.8. The number of hydrogen-bond donors (Lipinski definition) is 2. The number of para-hydroxylation sites is 1. The van der Waals surface area contributed by atoms with Crippen molar-refractivity contribution < 1.29 is 42.2 Å². The minimum Gasteiger partial charge on any atom is -0.504 e. The predicted octanol–water partition coefficient (Wildman–Crippen LogP) is 8.31. The molecule has 16 heteroatoms. The highest BCUT2D eigenvalue weighted by atomic mass is 127. The summed E-state index contributed by atoms with van der Waals surface area (Å²) in [6, 6.07) is 18.8. The van der Waals surface area contributed by atoms with Crippen molar-refractivity contribution >= 4 is 80.9 Å². The summed E-state index contributed by atoms with van der Waals surface area (Å²) in [6.07, 6.45) is -2.33. The van der Waals surface area contributed by atoms with Gasteiger partial charge in [-0.1, -0.05) is 59.1 Å². The number of hydrogen-bond acceptors (Lipinski definition) is 8. The second-order valence-electron chi connectivity index (χ2n) is 14.0. The lowest BCUT2D eigenvalue weighted by atomic mass is 9.49. The normalized spacial score (nSPS) is 25.8. The fraction of sp³-hybridized carbons (Fsp3) is 0.275. The Bertz CT molecular complexity index is 2340. The van der Waals surface area contributed by atoms with Gasteiger partial charge in [0.25, 0.3) is 11.8 Å². The Kier molecular flexibility index (Phi) is 9.60. The molecule has 2 aliphatic carbocycles. The average molecular weight is 918 g/mol. The number of amides is 4. The molecule has 0 spiro atoms. The van der Waals surface area contributed by atoms with E-state index in [1.54, 1.807) is 73.7 Å². The quantitative estimate of drug-likeness (QED) is 0.108. The number of benzene rings is 3. The zero-order valence-electron chi connectivity index (χ0n) is 29.2. The number of anilines is 2. The van der Waals surface area contributed by atoms with E-state index in [4.69, 9.17) is 27.9 Å². The van der Waals surface area contributed by atoms with Gasteiger partial charge >= 0.3 is 6.18 Å². The Morgan fingerprint density at radius 1 is 0.982 bits per heavy atom. The molecule has 3 heterocycles. The monoisotopic (exact) mass is 916 g/mol. The first-order chi connectivity index (χ1) is 26.7. The van der Waals surface area contributed by atoms with Crippen molar-refractivity contribution in [3.63, 3.8) is 0 Å². The number of carbonyl (C=O) groups excluding carboxylic acids is 4. The molecule has 288 valence electrons. The number of alkyl halides is 3. The number of nitrogens with zero attached hydrogens (tertiary/aromatic N) is 3. The van der Waals surface area contributed by atoms with Gasteiger partial charge < -0.3 is 9.84 Å². The van der Waals surface area contributed by atoms with Gasteiger partial charge in [-0.25, -0.2) is 4.98 Å². The van der Waals surface area contributed by atoms with Crippen molar-refractivity contribution in [3.05, 3.63) is 121 Å². The number of imide groups is 2. The van der Waals surface area contributed by atoms with Crippen LogP contribution in [0.3, 0.4) is 0 Å². The number of hydrazine groups is 1. The Morgan fingerprint density at radius 3 is 2.36 bits per heavy atom. The molecule has 3 fully saturated rings. The molecule has 0 unspecified atom stereocenters. The molecule has 3 aromatic carbocycles. The SMILES string of the molecule is CCOc1cccc([C@H]2C3=CC[C@@H]4C(=O)N(c5ccc(I)cc5)C(=O)[C@@H]4[C@@H]3C[C@H]3C(=O)N(Nc4ncc(C(F)(F)F)cc4Cl)C(=O)[C@@]23c2ccc(Cl)cc2)c1O. The number of allylic oxidation sites excluding steroid dienone is 2. The van der Waals surface area contributed by atoms with Crippen LogP contribution in [0.25, 0.3) is 0 Å². The van der Waals surface area contributed by atoms with E-state index in [0.717, 1.165) is 3.57 Å². The zero-order valence-corrected chi connectivity index (χ0v) is 32.9. The lowest BCUT2D eigenvalue weighted by Gasteiger charge is -2.50. The molecule has 10 nitrogen and oxygen atoms in total. The van der Waals surface area contributed by atoms with E-state index >= 15 is 4.79 Å². The van der Waals surface area contributed by atoms with E-state index in [2.05, 4.69) is 33.0 Å². The van der Waals surface area contributed by atoms with Crippen molar-refractivity contribution in [2.45, 2.75) is 37.3 Å². The summed E-state index contributed by atoms with van der Waals surface area (Å²) >= 11 is 14.7. The summed E-state index contributed by atoms with van der Waals surface area (Å²) in [4.78, 5) is 63.8. The summed E-state index contributed by atoms with van der Waals surface area (Å²) in [5, 5.41) is 12.5. The Labute approximate surface area is 341 Å². The van der Waals surface area contributed by atoms with E-state index in [-0.39, 0.29) is 48.2 Å². The highest BCUT2D eigenvalue weighted by Gasteiger charge is 2.71. The first-order valence-electron chi connectivity index (χ1n) is 17.6. The molecule has 2 aliphatic heterocycles. The molecule has 0 bridgehead atoms. The molecule has 6 atom stereocenters. The van der Waals surface area contributed by atoms with Crippen LogP contribution in [0.15, 0.2) is 90.6 Å². The number of nitrogens with one attached hydrogen (secondary N) is 1. The highest BCUT2D eigenvalue weighted by Crippen LogP contribution is 2.65. The summed E-state index contributed by atoms with van der Waals surface area (Å²) < 4.78 is 47.2. The summed E-state index contributed by atoms with van der Waals surface area (Å²) in [5.74, 6) is -7.78. The van der Waals surface area contributed by atoms with Gasteiger partial charge in [0.15, 0.2) is 17.3 Å². The molecule has 1 aromatic heterocycles. The number of phenols is 1. The first-order valence-corrected chi connectivity index (χ1v) is 19.4. The Balaban J connectivity index is 1.33. The van der Waals surface area contributed by atoms with E-state index in [1.807, 2.05) is 6.08 Å². The minimum atomic E-state index is -4.76. The van der Waals surface area contributed by atoms with E-state index in [1.165, 1.54) is 4.90 Å². The Hall–Kier alpha value is -4.67. The van der Waals surface area contributed by atoms with Crippen LogP contribution in [-0.2, 0) is 30.8 Å². The van der Waals surface area contributed by atoms with Gasteiger partial charge in [-0.15, -0.1) is 0 Å². The van der Waals surface area contributed by atoms with E-state index < -0.39 is 69.5 Å². The number of fused-ring (bicyclic) bond motifs is 4. The van der Waals surface area contributed by atoms with Gasteiger partial charge in [-0.3, -0.25) is 29.5 Å². The predicted molar refractivity (Wildman–Crippen MR) is 208 cm³/mol. The van der Waals surface area contributed by atoms with Crippen LogP contribution >= 0.6 is 45.8 Å². The van der Waals surface area contributed by atoms with Crippen LogP contribution in [0.4, 0.5) is 24.7 Å². The number of halogens is 6. The smallest absolute Gasteiger partial charge is 0.417 e. The molecule has 56 heavy (non-hydrogen) atoms. The number of aromatic nitrogens is 1. The molecule has 4 aliphatic rings. The number of rotatable bonds is 7. The standard InChI is InChI=1S/C40H30Cl2F3IN4O6/c1-2-56-30-5-3-4-26(33(30)51)32-24-14-15-25-31(37(54)49(35(25)52)23-12-10-22(46)11-13-23)27(24)17-28-36(53)50(38(55)39(28,32)19-6-8-21(41)9-7-19)48-34-29(42)16-20(18-47-34)40(43,44)45/h3-14,16,18,25,27-28,31-32,51H,2,15,17H2,1H3,(H,47,48)/t25-,27+,28-,31-,32+,39+/m0/s1. The van der Waals surface area contributed by atoms with Crippen LogP contribution < -0.4 is 15.1 Å². The van der Waals surface area contributed by atoms with E-state index in [9.17, 15) is 32.7 Å². The van der Waals surface area contributed by atoms with Crippen molar-refractivity contribution in [3.8, 4) is 11.5 Å². The van der Waals surface area contributed by atoms with Crippen molar-refractivity contribution in [1.29, 1.82) is 0 Å². The van der Waals surface area contributed by atoms with Crippen molar-refractivity contribution in [1.82, 2.24) is 9.99 Å². The summed E-state index contributed by atoms with van der Waals surface area (Å²) in [5.41, 5.74) is 1.20. The maximum Gasteiger partial charge on any atom is 0.417 e. The van der Waals surface area contributed by atoms with Crippen molar-refractivity contribution in [2.75, 3.05) is 16.9 Å². The van der Waals surface area contributed by atoms with Gasteiger partial charge in [0.2, 0.25) is 11.8 Å². The summed E-state index contributed by atoms with van der Waals surface area (Å²) in [6.45, 7) is 1.94. The van der Waals surface area contributed by atoms with Crippen LogP contribution in [0, 0.1) is 27.2 Å². The Morgan fingerprint density at radius 2 is 1.70 bits per heavy atom. The fourth-order valence-corrected chi connectivity index (χ4v) is 9.71. The van der Waals surface area contributed by atoms with Crippen molar-refractivity contribution in [2.24, 2.45) is 23.7 Å². The highest BCUT2D eigenvalue weighted by molar-refractivity contribution is 14.1. The fourth-order valence-electron chi connectivity index (χ4n) is 9.02. The second-order valence-corrected chi connectivity index (χ2v) is 16.1. The molecule has 4 aromatic rings. The lowest BCUT2D eigenvalue weighted by molar-refractivity contribution is -0.139. The third kappa shape index (κ3) is 5.85. The van der Waals surface area contributed by atoms with Crippen LogP contribution in [-0.4, -0.2) is 45.3 Å². The molecule has 1 saturated carbocycles. The van der Waals surface area contributed by atoms with Gasteiger partial charge in [0, 0.05) is 26.3 Å². The third-order valence-corrected chi connectivity index (χ3v) is 12.5. The molecular formula is C40H30Cl2F3IN4O6. The number of carbonyl (C=O) groups is 4. The van der Waals surface area contributed by atoms with E-state index in [0.29, 0.717) is 39.1 Å². The molecular weight excluding hydrogens is 887 g/mol. The first kappa shape index (κ1) is 38.2. The van der Waals surface area contributed by atoms with Gasteiger partial charge in [-0.2, -0.15) is 18.2 Å². The number of aromatic hydroxyl groups is 1. The summed E-state index contributed by atoms with van der Waals surface area (Å²) in [7, 11) is 0. The maximum atomic E-state index is 15.4. The maximum absolute atomic E-state index is 15.4. The van der Waals surface area contributed by atoms with Crippen LogP contribution in [0.5, 0.6) is 11.5 Å². The largest absolute Gasteiger partial charge is 0.504 e. The van der Waals surface area contributed by atoms with Crippen LogP contribution in [0.1, 0.15) is 42.4 Å². The number of phenolic OH excluding ortho intramolecular Hbond substituents is 1. The third-order valence-electron chi connectivity index (χ3n) is 11.3. The second kappa shape index (κ2) is 14.1. The molecule has 8 rings (SSSR count). The lowest BCUT2D eigenvalue weighted by Crippen LogP contribution is -2.53. The molecule has 4 amide bonds. The van der Waals surface area contributed by atoms with Gasteiger partial charge in [0.05, 0.1) is 46.0 Å². The molecule has 2 N–H and O–H groups in total. The topological polar surface area (TPSA) is 129 Å².